The maximum absolute atomic E-state index is 11.6. The van der Waals surface area contributed by atoms with Crippen LogP contribution in [0.4, 0.5) is 4.79 Å². The highest BCUT2D eigenvalue weighted by atomic mass is 16.5. The molecule has 0 radical (unpaired) electrons. The van der Waals surface area contributed by atoms with Crippen molar-refractivity contribution in [3.05, 3.63) is 0 Å². The molecule has 1 spiro atoms. The second-order valence-electron chi connectivity index (χ2n) is 3.55. The average molecular weight is 199 g/mol. The molecular formula is C8H13N3O3. The zero-order chi connectivity index (χ0) is 10.2. The minimum Gasteiger partial charge on any atom is -0.380 e. The van der Waals surface area contributed by atoms with Crippen LogP contribution in [0.5, 0.6) is 0 Å². The molecule has 0 bridgehead atoms. The lowest BCUT2D eigenvalue weighted by Gasteiger charge is -2.38. The molecular weight excluding hydrogens is 186 g/mol. The van der Waals surface area contributed by atoms with Crippen LogP contribution in [0.25, 0.3) is 0 Å². The van der Waals surface area contributed by atoms with Gasteiger partial charge < -0.3 is 15.4 Å². The van der Waals surface area contributed by atoms with Gasteiger partial charge in [0.2, 0.25) is 0 Å². The molecule has 78 valence electrons. The van der Waals surface area contributed by atoms with Crippen LogP contribution in [-0.4, -0.2) is 43.8 Å². The third-order valence-electron chi connectivity index (χ3n) is 2.84. The zero-order valence-corrected chi connectivity index (χ0v) is 7.92. The predicted molar refractivity (Wildman–Crippen MR) is 47.7 cm³/mol. The van der Waals surface area contributed by atoms with Crippen molar-refractivity contribution in [2.75, 3.05) is 20.3 Å². The number of carbonyl (C=O) groups excluding carboxylic acids is 2. The summed E-state index contributed by atoms with van der Waals surface area (Å²) in [4.78, 5) is 22.7. The van der Waals surface area contributed by atoms with Crippen molar-refractivity contribution in [2.24, 2.45) is 0 Å². The van der Waals surface area contributed by atoms with E-state index in [0.717, 1.165) is 0 Å². The highest BCUT2D eigenvalue weighted by molar-refractivity contribution is 6.07. The number of imide groups is 1. The van der Waals surface area contributed by atoms with Gasteiger partial charge in [-0.2, -0.15) is 0 Å². The summed E-state index contributed by atoms with van der Waals surface area (Å²) in [6.07, 6.45) is 0.510. The van der Waals surface area contributed by atoms with E-state index in [2.05, 4.69) is 16.0 Å². The van der Waals surface area contributed by atoms with E-state index in [1.165, 1.54) is 0 Å². The van der Waals surface area contributed by atoms with Crippen molar-refractivity contribution in [1.82, 2.24) is 16.0 Å². The Morgan fingerprint density at radius 1 is 1.57 bits per heavy atom. The highest BCUT2D eigenvalue weighted by Crippen LogP contribution is 2.24. The molecule has 2 aliphatic heterocycles. The Balaban J connectivity index is 2.26. The van der Waals surface area contributed by atoms with Gasteiger partial charge in [0.05, 0.1) is 12.6 Å². The Kier molecular flexibility index (Phi) is 2.16. The van der Waals surface area contributed by atoms with E-state index in [-0.39, 0.29) is 11.9 Å². The van der Waals surface area contributed by atoms with Gasteiger partial charge in [-0.1, -0.05) is 0 Å². The molecule has 2 saturated heterocycles. The molecule has 6 nitrogen and oxygen atoms in total. The van der Waals surface area contributed by atoms with Gasteiger partial charge in [0.25, 0.3) is 5.91 Å². The van der Waals surface area contributed by atoms with Crippen molar-refractivity contribution in [3.63, 3.8) is 0 Å². The number of hydrogen-bond donors (Lipinski definition) is 3. The summed E-state index contributed by atoms with van der Waals surface area (Å²) in [6.45, 7) is 0.927. The molecule has 6 heteroatoms. The second kappa shape index (κ2) is 3.21. The highest BCUT2D eigenvalue weighted by Gasteiger charge is 2.52. The van der Waals surface area contributed by atoms with Gasteiger partial charge in [-0.3, -0.25) is 10.1 Å². The van der Waals surface area contributed by atoms with Crippen LogP contribution in [0.15, 0.2) is 0 Å². The molecule has 0 aromatic heterocycles. The van der Waals surface area contributed by atoms with Crippen molar-refractivity contribution in [1.29, 1.82) is 0 Å². The van der Waals surface area contributed by atoms with Gasteiger partial charge in [0, 0.05) is 13.0 Å². The van der Waals surface area contributed by atoms with E-state index in [9.17, 15) is 9.59 Å². The first-order chi connectivity index (χ1) is 6.69. The predicted octanol–water partition coefficient (Wildman–Crippen LogP) is -1.43. The monoisotopic (exact) mass is 199 g/mol. The lowest BCUT2D eigenvalue weighted by atomic mass is 9.85. The molecule has 0 aromatic carbocycles. The summed E-state index contributed by atoms with van der Waals surface area (Å²) in [5.74, 6) is -0.259. The lowest BCUT2D eigenvalue weighted by Crippen LogP contribution is -2.65. The van der Waals surface area contributed by atoms with Crippen LogP contribution in [0.1, 0.15) is 6.42 Å². The standard InChI is InChI=1S/C8H13N3O3/c1-9-5-4-14-3-2-8(5)6(12)10-7(13)11-8/h5,9H,2-4H2,1H3,(H2,10,11,12,13). The maximum Gasteiger partial charge on any atom is 0.322 e. The minimum absolute atomic E-state index is 0.164. The van der Waals surface area contributed by atoms with Gasteiger partial charge in [-0.15, -0.1) is 0 Å². The van der Waals surface area contributed by atoms with Crippen LogP contribution in [0.2, 0.25) is 0 Å². The molecule has 2 atom stereocenters. The molecule has 0 aromatic rings. The molecule has 2 aliphatic rings. The molecule has 2 unspecified atom stereocenters. The number of amides is 3. The molecule has 0 aliphatic carbocycles. The molecule has 2 rings (SSSR count). The SMILES string of the molecule is CNC1COCCC12NC(=O)NC2=O. The number of carbonyl (C=O) groups is 2. The van der Waals surface area contributed by atoms with Gasteiger partial charge in [0.15, 0.2) is 0 Å². The fourth-order valence-electron chi connectivity index (χ4n) is 2.01. The van der Waals surface area contributed by atoms with E-state index < -0.39 is 11.6 Å². The topological polar surface area (TPSA) is 79.5 Å². The fraction of sp³-hybridized carbons (Fsp3) is 0.750. The van der Waals surface area contributed by atoms with Crippen molar-refractivity contribution in [2.45, 2.75) is 18.0 Å². The van der Waals surface area contributed by atoms with E-state index in [1.54, 1.807) is 7.05 Å². The van der Waals surface area contributed by atoms with Crippen LogP contribution < -0.4 is 16.0 Å². The van der Waals surface area contributed by atoms with E-state index >= 15 is 0 Å². The number of rotatable bonds is 1. The second-order valence-corrected chi connectivity index (χ2v) is 3.55. The van der Waals surface area contributed by atoms with Gasteiger partial charge in [0.1, 0.15) is 5.54 Å². The van der Waals surface area contributed by atoms with Gasteiger partial charge in [-0.25, -0.2) is 4.79 Å². The number of urea groups is 1. The summed E-state index contributed by atoms with van der Waals surface area (Å²) in [5.41, 5.74) is -0.815. The van der Waals surface area contributed by atoms with Crippen LogP contribution >= 0.6 is 0 Å². The molecule has 0 saturated carbocycles. The smallest absolute Gasteiger partial charge is 0.322 e. The Labute approximate surface area is 81.4 Å². The van der Waals surface area contributed by atoms with Crippen LogP contribution in [0, 0.1) is 0 Å². The van der Waals surface area contributed by atoms with Crippen molar-refractivity contribution in [3.8, 4) is 0 Å². The summed E-state index contributed by atoms with van der Waals surface area (Å²) >= 11 is 0. The first-order valence-electron chi connectivity index (χ1n) is 4.57. The first-order valence-corrected chi connectivity index (χ1v) is 4.57. The maximum atomic E-state index is 11.6. The van der Waals surface area contributed by atoms with E-state index in [0.29, 0.717) is 19.6 Å². The summed E-state index contributed by atoms with van der Waals surface area (Å²) in [6, 6.07) is -0.583. The largest absolute Gasteiger partial charge is 0.380 e. The summed E-state index contributed by atoms with van der Waals surface area (Å²) in [7, 11) is 1.75. The number of likely N-dealkylation sites (N-methyl/N-ethyl adjacent to an activating group) is 1. The third kappa shape index (κ3) is 1.18. The first kappa shape index (κ1) is 9.42. The Morgan fingerprint density at radius 3 is 2.93 bits per heavy atom. The van der Waals surface area contributed by atoms with E-state index in [4.69, 9.17) is 4.74 Å². The van der Waals surface area contributed by atoms with Crippen molar-refractivity contribution < 1.29 is 14.3 Å². The Morgan fingerprint density at radius 2 is 2.36 bits per heavy atom. The Hall–Kier alpha value is -1.14. The summed E-state index contributed by atoms with van der Waals surface area (Å²) in [5, 5.41) is 7.92. The van der Waals surface area contributed by atoms with Crippen molar-refractivity contribution >= 4 is 11.9 Å². The van der Waals surface area contributed by atoms with Gasteiger partial charge in [-0.05, 0) is 7.05 Å². The number of hydrogen-bond acceptors (Lipinski definition) is 4. The summed E-state index contributed by atoms with van der Waals surface area (Å²) < 4.78 is 5.25. The fourth-order valence-corrected chi connectivity index (χ4v) is 2.01. The molecule has 14 heavy (non-hydrogen) atoms. The van der Waals surface area contributed by atoms with E-state index in [1.807, 2.05) is 0 Å². The van der Waals surface area contributed by atoms with Gasteiger partial charge >= 0.3 is 6.03 Å². The molecule has 2 heterocycles. The molecule has 3 N–H and O–H groups in total. The normalized spacial score (nSPS) is 37.1. The minimum atomic E-state index is -0.815. The average Bonchev–Trinajstić information content (AvgIpc) is 2.43. The zero-order valence-electron chi connectivity index (χ0n) is 7.92. The van der Waals surface area contributed by atoms with Crippen LogP contribution in [0.3, 0.4) is 0 Å². The number of ether oxygens (including phenoxy) is 1. The van der Waals surface area contributed by atoms with Crippen LogP contribution in [-0.2, 0) is 9.53 Å². The quantitative estimate of drug-likeness (QED) is 0.452. The molecule has 2 fully saturated rings. The molecule has 3 amide bonds. The number of nitrogens with one attached hydrogen (secondary N) is 3. The third-order valence-corrected chi connectivity index (χ3v) is 2.84. The lowest BCUT2D eigenvalue weighted by molar-refractivity contribution is -0.129. The Bertz CT molecular complexity index is 281.